The van der Waals surface area contributed by atoms with Crippen LogP contribution in [0.1, 0.15) is 6.92 Å². The molecule has 8 nitrogen and oxygen atoms in total. The van der Waals surface area contributed by atoms with E-state index >= 15 is 0 Å². The van der Waals surface area contributed by atoms with Crippen molar-refractivity contribution in [1.82, 2.24) is 24.3 Å². The second-order valence-electron chi connectivity index (χ2n) is 3.49. The average Bonchev–Trinajstić information content (AvgIpc) is 2.81. The van der Waals surface area contributed by atoms with Crippen LogP contribution in [0.15, 0.2) is 17.7 Å². The molecule has 0 amide bonds. The number of hydrogen-bond donors (Lipinski definition) is 1. The molecule has 9 heteroatoms. The minimum absolute atomic E-state index is 0.240. The molecule has 17 heavy (non-hydrogen) atoms. The molecule has 0 radical (unpaired) electrons. The van der Waals surface area contributed by atoms with Crippen molar-refractivity contribution in [2.45, 2.75) is 18.6 Å². The first kappa shape index (κ1) is 11.7. The maximum Gasteiger partial charge on any atom is 0.273 e. The second-order valence-corrected chi connectivity index (χ2v) is 4.94. The lowest BCUT2D eigenvalue weighted by Crippen LogP contribution is -2.18. The third-order valence-corrected chi connectivity index (χ3v) is 3.14. The van der Waals surface area contributed by atoms with E-state index in [1.54, 1.807) is 31.1 Å². The SMILES string of the molecule is CCn1c(-c2cncn2C)nnc1S(N)(=O)=O. The zero-order valence-electron chi connectivity index (χ0n) is 9.40. The predicted octanol–water partition coefficient (Wildman–Crippen LogP) is -0.654. The Labute approximate surface area is 98.1 Å². The molecule has 2 aromatic heterocycles. The van der Waals surface area contributed by atoms with Crippen LogP contribution in [-0.2, 0) is 23.6 Å². The molecule has 0 aliphatic rings. The zero-order valence-corrected chi connectivity index (χ0v) is 10.2. The summed E-state index contributed by atoms with van der Waals surface area (Å²) < 4.78 is 25.8. The number of sulfonamides is 1. The largest absolute Gasteiger partial charge is 0.331 e. The van der Waals surface area contributed by atoms with Gasteiger partial charge in [0.25, 0.3) is 15.2 Å². The van der Waals surface area contributed by atoms with E-state index in [-0.39, 0.29) is 5.16 Å². The van der Waals surface area contributed by atoms with Gasteiger partial charge in [-0.2, -0.15) is 0 Å². The molecule has 0 spiro atoms. The quantitative estimate of drug-likeness (QED) is 0.784. The first-order valence-electron chi connectivity index (χ1n) is 4.88. The number of aryl methyl sites for hydroxylation is 1. The van der Waals surface area contributed by atoms with Crippen LogP contribution in [0.5, 0.6) is 0 Å². The van der Waals surface area contributed by atoms with Crippen molar-refractivity contribution in [2.75, 3.05) is 0 Å². The molecule has 0 saturated heterocycles. The van der Waals surface area contributed by atoms with Gasteiger partial charge in [-0.25, -0.2) is 18.5 Å². The van der Waals surface area contributed by atoms with Crippen molar-refractivity contribution in [3.05, 3.63) is 12.5 Å². The second kappa shape index (κ2) is 3.93. The van der Waals surface area contributed by atoms with Crippen molar-refractivity contribution in [1.29, 1.82) is 0 Å². The van der Waals surface area contributed by atoms with Crippen molar-refractivity contribution in [2.24, 2.45) is 12.2 Å². The van der Waals surface area contributed by atoms with Crippen LogP contribution in [0.4, 0.5) is 0 Å². The number of rotatable bonds is 3. The van der Waals surface area contributed by atoms with Crippen molar-refractivity contribution >= 4 is 10.0 Å². The summed E-state index contributed by atoms with van der Waals surface area (Å²) in [6, 6.07) is 0. The highest BCUT2D eigenvalue weighted by atomic mass is 32.2. The highest BCUT2D eigenvalue weighted by Crippen LogP contribution is 2.18. The maximum atomic E-state index is 11.3. The van der Waals surface area contributed by atoms with E-state index in [9.17, 15) is 8.42 Å². The number of hydrogen-bond acceptors (Lipinski definition) is 5. The monoisotopic (exact) mass is 256 g/mol. The topological polar surface area (TPSA) is 109 Å². The van der Waals surface area contributed by atoms with Gasteiger partial charge >= 0.3 is 0 Å². The van der Waals surface area contributed by atoms with Crippen LogP contribution in [-0.4, -0.2) is 32.7 Å². The van der Waals surface area contributed by atoms with Crippen LogP contribution in [0.2, 0.25) is 0 Å². The minimum atomic E-state index is -3.87. The van der Waals surface area contributed by atoms with Gasteiger partial charge in [-0.3, -0.25) is 4.57 Å². The summed E-state index contributed by atoms with van der Waals surface area (Å²) in [7, 11) is -2.08. The summed E-state index contributed by atoms with van der Waals surface area (Å²) in [5.41, 5.74) is 0.675. The lowest BCUT2D eigenvalue weighted by molar-refractivity contribution is 0.570. The molecule has 0 bridgehead atoms. The molecule has 0 aliphatic heterocycles. The van der Waals surface area contributed by atoms with E-state index in [0.29, 0.717) is 18.1 Å². The Bertz CT molecular complexity index is 641. The standard InChI is InChI=1S/C8H12N6O2S/c1-3-14-7(6-4-10-5-13(6)2)11-12-8(14)17(9,15)16/h4-5H,3H2,1-2H3,(H2,9,15,16). The van der Waals surface area contributed by atoms with E-state index < -0.39 is 10.0 Å². The first-order chi connectivity index (χ1) is 7.95. The van der Waals surface area contributed by atoms with Crippen molar-refractivity contribution < 1.29 is 8.42 Å². The summed E-state index contributed by atoms with van der Waals surface area (Å²) in [4.78, 5) is 3.95. The summed E-state index contributed by atoms with van der Waals surface area (Å²) in [6.07, 6.45) is 3.18. The number of aromatic nitrogens is 5. The van der Waals surface area contributed by atoms with Crippen molar-refractivity contribution in [3.63, 3.8) is 0 Å². The third kappa shape index (κ3) is 1.94. The first-order valence-corrected chi connectivity index (χ1v) is 6.42. The Hall–Kier alpha value is -1.74. The summed E-state index contributed by atoms with van der Waals surface area (Å²) >= 11 is 0. The van der Waals surface area contributed by atoms with Gasteiger partial charge in [0.05, 0.1) is 12.5 Å². The number of nitrogens with zero attached hydrogens (tertiary/aromatic N) is 5. The Morgan fingerprint density at radius 1 is 1.41 bits per heavy atom. The Kier molecular flexibility index (Phi) is 2.71. The normalized spacial score (nSPS) is 11.9. The summed E-state index contributed by atoms with van der Waals surface area (Å²) in [5, 5.41) is 12.3. The Morgan fingerprint density at radius 3 is 2.59 bits per heavy atom. The molecular weight excluding hydrogens is 244 g/mol. The molecule has 0 unspecified atom stereocenters. The number of imidazole rings is 1. The highest BCUT2D eigenvalue weighted by molar-refractivity contribution is 7.89. The van der Waals surface area contributed by atoms with Crippen LogP contribution in [0.3, 0.4) is 0 Å². The van der Waals surface area contributed by atoms with Crippen LogP contribution < -0.4 is 5.14 Å². The summed E-state index contributed by atoms with van der Waals surface area (Å²) in [6.45, 7) is 2.19. The van der Waals surface area contributed by atoms with Crippen molar-refractivity contribution in [3.8, 4) is 11.5 Å². The van der Waals surface area contributed by atoms with E-state index in [1.165, 1.54) is 4.57 Å². The fraction of sp³-hybridized carbons (Fsp3) is 0.375. The lowest BCUT2D eigenvalue weighted by Gasteiger charge is -2.05. The summed E-state index contributed by atoms with van der Waals surface area (Å²) in [5.74, 6) is 0.427. The van der Waals surface area contributed by atoms with Gasteiger partial charge in [0, 0.05) is 13.6 Å². The van der Waals surface area contributed by atoms with E-state index in [1.807, 2.05) is 0 Å². The van der Waals surface area contributed by atoms with Gasteiger partial charge in [0.2, 0.25) is 0 Å². The maximum absolute atomic E-state index is 11.3. The fourth-order valence-corrected chi connectivity index (χ4v) is 2.22. The smallest absolute Gasteiger partial charge is 0.273 e. The van der Waals surface area contributed by atoms with Gasteiger partial charge in [-0.05, 0) is 6.92 Å². The average molecular weight is 256 g/mol. The van der Waals surface area contributed by atoms with Crippen LogP contribution >= 0.6 is 0 Å². The molecule has 0 saturated carbocycles. The van der Waals surface area contributed by atoms with Crippen LogP contribution in [0.25, 0.3) is 11.5 Å². The molecule has 0 aromatic carbocycles. The molecule has 0 atom stereocenters. The van der Waals surface area contributed by atoms with Gasteiger partial charge in [-0.1, -0.05) is 0 Å². The Balaban J connectivity index is 2.66. The van der Waals surface area contributed by atoms with E-state index in [0.717, 1.165) is 0 Å². The highest BCUT2D eigenvalue weighted by Gasteiger charge is 2.22. The molecular formula is C8H12N6O2S. The third-order valence-electron chi connectivity index (χ3n) is 2.33. The molecule has 2 rings (SSSR count). The Morgan fingerprint density at radius 2 is 2.12 bits per heavy atom. The molecule has 0 fully saturated rings. The molecule has 2 aromatic rings. The molecule has 2 N–H and O–H groups in total. The van der Waals surface area contributed by atoms with Crippen LogP contribution in [0, 0.1) is 0 Å². The van der Waals surface area contributed by atoms with Gasteiger partial charge < -0.3 is 4.57 Å². The number of primary sulfonamides is 1. The minimum Gasteiger partial charge on any atom is -0.331 e. The molecule has 0 aliphatic carbocycles. The zero-order chi connectivity index (χ0) is 12.6. The van der Waals surface area contributed by atoms with Gasteiger partial charge in [0.15, 0.2) is 5.82 Å². The van der Waals surface area contributed by atoms with Gasteiger partial charge in [-0.15, -0.1) is 10.2 Å². The van der Waals surface area contributed by atoms with E-state index in [2.05, 4.69) is 15.2 Å². The lowest BCUT2D eigenvalue weighted by atomic mass is 10.4. The van der Waals surface area contributed by atoms with E-state index in [4.69, 9.17) is 5.14 Å². The number of nitrogens with two attached hydrogens (primary N) is 1. The van der Waals surface area contributed by atoms with Gasteiger partial charge in [0.1, 0.15) is 5.69 Å². The fourth-order valence-electron chi connectivity index (χ4n) is 1.55. The molecule has 2 heterocycles. The predicted molar refractivity (Wildman–Crippen MR) is 59.3 cm³/mol. The molecule has 92 valence electrons.